The highest BCUT2D eigenvalue weighted by molar-refractivity contribution is 5.86. The smallest absolute Gasteiger partial charge is 0.202 e. The zero-order chi connectivity index (χ0) is 29.5. The SMILES string of the molecule is CNc1ccc(N2CCCC(N(Cc3cc(C)c(F)c(C)c3)Cc3cn4c5c(c(F)c(F)cc5c3=O)OCC4)C2)cn1. The molecule has 10 heteroatoms. The second kappa shape index (κ2) is 11.3. The van der Waals surface area contributed by atoms with Gasteiger partial charge < -0.3 is 19.5 Å². The molecular formula is C32H34F3N5O2. The number of aryl methyl sites for hydroxylation is 2. The van der Waals surface area contributed by atoms with Crippen molar-refractivity contribution in [2.75, 3.05) is 37.0 Å². The van der Waals surface area contributed by atoms with Crippen LogP contribution in [0.3, 0.4) is 0 Å². The third-order valence-corrected chi connectivity index (χ3v) is 8.40. The molecule has 1 N–H and O–H groups in total. The first-order chi connectivity index (χ1) is 20.2. The van der Waals surface area contributed by atoms with Crippen molar-refractivity contribution in [3.05, 3.63) is 92.7 Å². The van der Waals surface area contributed by atoms with Gasteiger partial charge in [-0.05, 0) is 61.6 Å². The molecule has 0 radical (unpaired) electrons. The van der Waals surface area contributed by atoms with E-state index in [1.807, 2.05) is 37.5 Å². The zero-order valence-corrected chi connectivity index (χ0v) is 24.0. The Balaban J connectivity index is 1.38. The van der Waals surface area contributed by atoms with Crippen LogP contribution < -0.4 is 20.4 Å². The van der Waals surface area contributed by atoms with Gasteiger partial charge in [-0.25, -0.2) is 13.8 Å². The predicted octanol–water partition coefficient (Wildman–Crippen LogP) is 5.54. The van der Waals surface area contributed by atoms with E-state index in [2.05, 4.69) is 20.1 Å². The summed E-state index contributed by atoms with van der Waals surface area (Å²) in [6.45, 7) is 6.53. The summed E-state index contributed by atoms with van der Waals surface area (Å²) >= 11 is 0. The Morgan fingerprint density at radius 2 is 1.86 bits per heavy atom. The third-order valence-electron chi connectivity index (χ3n) is 8.40. The fraction of sp³-hybridized carbons (Fsp3) is 0.375. The topological polar surface area (TPSA) is 62.6 Å². The lowest BCUT2D eigenvalue weighted by atomic mass is 10.00. The summed E-state index contributed by atoms with van der Waals surface area (Å²) in [6.07, 6.45) is 5.48. The number of hydrogen-bond donors (Lipinski definition) is 1. The molecule has 0 saturated carbocycles. The first-order valence-electron chi connectivity index (χ1n) is 14.3. The van der Waals surface area contributed by atoms with Gasteiger partial charge in [-0.3, -0.25) is 9.69 Å². The summed E-state index contributed by atoms with van der Waals surface area (Å²) in [5, 5.41) is 3.15. The quantitative estimate of drug-likeness (QED) is 0.312. The number of piperidine rings is 1. The van der Waals surface area contributed by atoms with Crippen LogP contribution in [-0.2, 0) is 19.6 Å². The molecule has 6 rings (SSSR count). The van der Waals surface area contributed by atoms with Crippen LogP contribution in [0.2, 0.25) is 0 Å². The van der Waals surface area contributed by atoms with Crippen molar-refractivity contribution >= 4 is 22.4 Å². The molecule has 4 aromatic rings. The van der Waals surface area contributed by atoms with Gasteiger partial charge >= 0.3 is 0 Å². The molecule has 1 saturated heterocycles. The molecule has 2 aliphatic heterocycles. The number of anilines is 2. The minimum atomic E-state index is -1.10. The van der Waals surface area contributed by atoms with E-state index in [0.717, 1.165) is 49.1 Å². The second-order valence-corrected chi connectivity index (χ2v) is 11.3. The maximum absolute atomic E-state index is 14.5. The van der Waals surface area contributed by atoms with Crippen LogP contribution in [0.1, 0.15) is 35.1 Å². The van der Waals surface area contributed by atoms with E-state index < -0.39 is 11.6 Å². The first-order valence-corrected chi connectivity index (χ1v) is 14.3. The number of benzene rings is 2. The minimum absolute atomic E-state index is 0.0775. The Morgan fingerprint density at radius 1 is 1.07 bits per heavy atom. The molecule has 0 amide bonds. The fourth-order valence-corrected chi connectivity index (χ4v) is 6.30. The molecule has 2 aromatic heterocycles. The molecule has 4 heterocycles. The lowest BCUT2D eigenvalue weighted by molar-refractivity contribution is 0.158. The van der Waals surface area contributed by atoms with Crippen LogP contribution >= 0.6 is 0 Å². The maximum Gasteiger partial charge on any atom is 0.202 e. The summed E-state index contributed by atoms with van der Waals surface area (Å²) in [7, 11) is 1.83. The summed E-state index contributed by atoms with van der Waals surface area (Å²) in [4.78, 5) is 22.8. The lowest BCUT2D eigenvalue weighted by Crippen LogP contribution is -2.48. The molecule has 1 atom stereocenters. The van der Waals surface area contributed by atoms with Crippen molar-refractivity contribution in [3.63, 3.8) is 0 Å². The molecule has 220 valence electrons. The van der Waals surface area contributed by atoms with Crippen LogP contribution in [0.15, 0.2) is 47.5 Å². The second-order valence-electron chi connectivity index (χ2n) is 11.3. The fourth-order valence-electron chi connectivity index (χ4n) is 6.30. The van der Waals surface area contributed by atoms with Crippen molar-refractivity contribution in [1.29, 1.82) is 0 Å². The highest BCUT2D eigenvalue weighted by Gasteiger charge is 2.29. The highest BCUT2D eigenvalue weighted by Crippen LogP contribution is 2.33. The standard InChI is InChI=1S/C32H34F3N5O2/c1-19-11-21(12-20(2)28(19)34)15-40(24-5-4-8-38(18-24)23-6-7-27(36-3)37-14-23)17-22-16-39-9-10-42-32-29(35)26(33)13-25(30(32)39)31(22)41/h6-7,11-14,16,24H,4-5,8-10,15,17-18H2,1-3H3,(H,36,37). The molecule has 0 spiro atoms. The molecule has 1 fully saturated rings. The summed E-state index contributed by atoms with van der Waals surface area (Å²) in [5.74, 6) is -1.82. The van der Waals surface area contributed by atoms with Crippen LogP contribution in [0.5, 0.6) is 5.75 Å². The molecule has 0 aliphatic carbocycles. The Morgan fingerprint density at radius 3 is 2.57 bits per heavy atom. The summed E-state index contributed by atoms with van der Waals surface area (Å²) in [6, 6.07) is 8.76. The average Bonchev–Trinajstić information content (AvgIpc) is 3.00. The van der Waals surface area contributed by atoms with E-state index in [9.17, 15) is 18.0 Å². The van der Waals surface area contributed by atoms with E-state index in [4.69, 9.17) is 4.74 Å². The Kier molecular flexibility index (Phi) is 7.57. The highest BCUT2D eigenvalue weighted by atomic mass is 19.2. The van der Waals surface area contributed by atoms with Gasteiger partial charge in [0.15, 0.2) is 17.0 Å². The monoisotopic (exact) mass is 577 g/mol. The largest absolute Gasteiger partial charge is 0.486 e. The van der Waals surface area contributed by atoms with Gasteiger partial charge in [0.25, 0.3) is 0 Å². The maximum atomic E-state index is 14.5. The van der Waals surface area contributed by atoms with Gasteiger partial charge in [-0.2, -0.15) is 4.39 Å². The number of hydrogen-bond acceptors (Lipinski definition) is 6. The number of rotatable bonds is 7. The zero-order valence-electron chi connectivity index (χ0n) is 24.0. The Bertz CT molecular complexity index is 1680. The molecule has 2 aliphatic rings. The van der Waals surface area contributed by atoms with Crippen molar-refractivity contribution in [2.45, 2.75) is 52.4 Å². The molecule has 0 bridgehead atoms. The summed E-state index contributed by atoms with van der Waals surface area (Å²) in [5.41, 5.74) is 3.56. The Hall–Kier alpha value is -4.05. The number of nitrogens with zero attached hydrogens (tertiary/aromatic N) is 4. The predicted molar refractivity (Wildman–Crippen MR) is 158 cm³/mol. The van der Waals surface area contributed by atoms with E-state index in [0.29, 0.717) is 36.3 Å². The van der Waals surface area contributed by atoms with Crippen molar-refractivity contribution in [1.82, 2.24) is 14.5 Å². The number of halogens is 3. The van der Waals surface area contributed by atoms with Crippen molar-refractivity contribution in [3.8, 4) is 5.75 Å². The van der Waals surface area contributed by atoms with Crippen molar-refractivity contribution in [2.24, 2.45) is 0 Å². The van der Waals surface area contributed by atoms with Gasteiger partial charge in [0.2, 0.25) is 5.82 Å². The molecule has 42 heavy (non-hydrogen) atoms. The molecule has 7 nitrogen and oxygen atoms in total. The number of aromatic nitrogens is 2. The lowest BCUT2D eigenvalue weighted by Gasteiger charge is -2.40. The van der Waals surface area contributed by atoms with Crippen LogP contribution in [0.4, 0.5) is 24.7 Å². The third kappa shape index (κ3) is 5.19. The van der Waals surface area contributed by atoms with Gasteiger partial charge in [-0.15, -0.1) is 0 Å². The van der Waals surface area contributed by atoms with E-state index in [1.165, 1.54) is 0 Å². The van der Waals surface area contributed by atoms with Crippen LogP contribution in [0.25, 0.3) is 10.9 Å². The van der Waals surface area contributed by atoms with Gasteiger partial charge in [0.05, 0.1) is 29.3 Å². The summed E-state index contributed by atoms with van der Waals surface area (Å²) < 4.78 is 50.7. The molecule has 1 unspecified atom stereocenters. The average molecular weight is 578 g/mol. The number of pyridine rings is 2. The van der Waals surface area contributed by atoms with Crippen LogP contribution in [-0.4, -0.2) is 47.2 Å². The van der Waals surface area contributed by atoms with Crippen molar-refractivity contribution < 1.29 is 17.9 Å². The number of ether oxygens (including phenoxy) is 1. The molecule has 2 aromatic carbocycles. The van der Waals surface area contributed by atoms with E-state index >= 15 is 0 Å². The number of nitrogens with one attached hydrogen (secondary N) is 1. The normalized spacial score (nSPS) is 16.6. The van der Waals surface area contributed by atoms with E-state index in [1.54, 1.807) is 24.6 Å². The van der Waals surface area contributed by atoms with Crippen LogP contribution in [0, 0.1) is 31.3 Å². The molecular weight excluding hydrogens is 543 g/mol. The van der Waals surface area contributed by atoms with Gasteiger partial charge in [0, 0.05) is 51.0 Å². The first kappa shape index (κ1) is 28.1. The van der Waals surface area contributed by atoms with Gasteiger partial charge in [-0.1, -0.05) is 12.1 Å². The van der Waals surface area contributed by atoms with Gasteiger partial charge in [0.1, 0.15) is 18.2 Å². The Labute approximate surface area is 242 Å². The minimum Gasteiger partial charge on any atom is -0.486 e. The van der Waals surface area contributed by atoms with E-state index in [-0.39, 0.29) is 40.5 Å².